The molecular weight excluding hydrogens is 228 g/mol. The maximum atomic E-state index is 11.3. The van der Waals surface area contributed by atoms with E-state index in [1.165, 1.54) is 18.4 Å². The van der Waals surface area contributed by atoms with Crippen LogP contribution in [0.2, 0.25) is 0 Å². The maximum Gasteiger partial charge on any atom is 0.359 e. The highest BCUT2D eigenvalue weighted by Crippen LogP contribution is 2.34. The number of methoxy groups -OCH3 is 1. The number of hydrogen-bond donors (Lipinski definition) is 1. The Morgan fingerprint density at radius 2 is 2.44 bits per heavy atom. The lowest BCUT2D eigenvalue weighted by atomic mass is 10.1. The van der Waals surface area contributed by atoms with Gasteiger partial charge in [-0.25, -0.2) is 9.78 Å². The van der Waals surface area contributed by atoms with E-state index in [0.717, 1.165) is 11.4 Å². The predicted molar refractivity (Wildman–Crippen MR) is 60.6 cm³/mol. The van der Waals surface area contributed by atoms with Crippen molar-refractivity contribution in [3.63, 3.8) is 0 Å². The number of nitrogen functional groups attached to an aromatic ring is 1. The molecule has 0 spiro atoms. The molecule has 16 heavy (non-hydrogen) atoms. The van der Waals surface area contributed by atoms with Crippen LogP contribution in [0.1, 0.15) is 34.8 Å². The van der Waals surface area contributed by atoms with Crippen molar-refractivity contribution in [1.29, 1.82) is 0 Å². The quantitative estimate of drug-likeness (QED) is 0.793. The van der Waals surface area contributed by atoms with Gasteiger partial charge >= 0.3 is 5.97 Å². The molecular formula is C10H14N2O3S. The summed E-state index contributed by atoms with van der Waals surface area (Å²) in [7, 11) is 1.32. The summed E-state index contributed by atoms with van der Waals surface area (Å²) in [5.41, 5.74) is 5.96. The van der Waals surface area contributed by atoms with Gasteiger partial charge in [-0.2, -0.15) is 0 Å². The van der Waals surface area contributed by atoms with Gasteiger partial charge in [0.2, 0.25) is 0 Å². The van der Waals surface area contributed by atoms with Crippen molar-refractivity contribution < 1.29 is 14.3 Å². The summed E-state index contributed by atoms with van der Waals surface area (Å²) >= 11 is 1.34. The Bertz CT molecular complexity index is 405. The second-order valence-corrected chi connectivity index (χ2v) is 4.90. The van der Waals surface area contributed by atoms with Crippen molar-refractivity contribution in [1.82, 2.24) is 4.98 Å². The first kappa shape index (κ1) is 11.3. The Kier molecular flexibility index (Phi) is 3.11. The standard InChI is InChI=1S/C10H14N2O3S/c1-5-3-6(4-15-5)9-12-7(8(11)16-9)10(13)14-2/h5-6H,3-4,11H2,1-2H3. The number of anilines is 1. The molecule has 0 radical (unpaired) electrons. The first-order valence-electron chi connectivity index (χ1n) is 5.08. The molecule has 0 aromatic carbocycles. The van der Waals surface area contributed by atoms with Gasteiger partial charge in [0.25, 0.3) is 0 Å². The van der Waals surface area contributed by atoms with E-state index < -0.39 is 5.97 Å². The number of rotatable bonds is 2. The molecule has 5 nitrogen and oxygen atoms in total. The van der Waals surface area contributed by atoms with Crippen LogP contribution < -0.4 is 5.73 Å². The molecule has 1 aliphatic rings. The summed E-state index contributed by atoms with van der Waals surface area (Å²) in [6.45, 7) is 2.67. The van der Waals surface area contributed by atoms with Crippen LogP contribution in [0.15, 0.2) is 0 Å². The molecule has 2 heterocycles. The zero-order valence-corrected chi connectivity index (χ0v) is 10.0. The predicted octanol–water partition coefficient (Wildman–Crippen LogP) is 1.40. The van der Waals surface area contributed by atoms with Gasteiger partial charge in [0.1, 0.15) is 10.0 Å². The molecule has 0 saturated carbocycles. The molecule has 2 rings (SSSR count). The van der Waals surface area contributed by atoms with Crippen LogP contribution in [-0.4, -0.2) is 30.8 Å². The summed E-state index contributed by atoms with van der Waals surface area (Å²) in [4.78, 5) is 15.6. The second kappa shape index (κ2) is 4.39. The summed E-state index contributed by atoms with van der Waals surface area (Å²) in [6, 6.07) is 0. The van der Waals surface area contributed by atoms with Gasteiger partial charge in [0.15, 0.2) is 5.69 Å². The van der Waals surface area contributed by atoms with Gasteiger partial charge in [-0.15, -0.1) is 11.3 Å². The molecule has 2 unspecified atom stereocenters. The van der Waals surface area contributed by atoms with E-state index in [4.69, 9.17) is 10.5 Å². The Hall–Kier alpha value is -1.14. The Balaban J connectivity index is 2.20. The van der Waals surface area contributed by atoms with E-state index in [2.05, 4.69) is 9.72 Å². The fourth-order valence-corrected chi connectivity index (χ4v) is 2.67. The largest absolute Gasteiger partial charge is 0.464 e. The molecule has 1 saturated heterocycles. The first-order valence-corrected chi connectivity index (χ1v) is 5.89. The van der Waals surface area contributed by atoms with Gasteiger partial charge < -0.3 is 15.2 Å². The topological polar surface area (TPSA) is 74.4 Å². The minimum absolute atomic E-state index is 0.224. The van der Waals surface area contributed by atoms with Crippen LogP contribution in [0, 0.1) is 0 Å². The van der Waals surface area contributed by atoms with E-state index in [9.17, 15) is 4.79 Å². The van der Waals surface area contributed by atoms with Crippen molar-refractivity contribution in [2.45, 2.75) is 25.4 Å². The van der Waals surface area contributed by atoms with Crippen molar-refractivity contribution in [2.24, 2.45) is 0 Å². The molecule has 1 aromatic heterocycles. The summed E-state index contributed by atoms with van der Waals surface area (Å²) in [5, 5.41) is 1.28. The van der Waals surface area contributed by atoms with E-state index in [1.54, 1.807) is 0 Å². The van der Waals surface area contributed by atoms with Crippen molar-refractivity contribution in [3.8, 4) is 0 Å². The molecule has 2 atom stereocenters. The monoisotopic (exact) mass is 242 g/mol. The highest BCUT2D eigenvalue weighted by atomic mass is 32.1. The average Bonchev–Trinajstić information content (AvgIpc) is 2.83. The maximum absolute atomic E-state index is 11.3. The SMILES string of the molecule is COC(=O)c1nc(C2COC(C)C2)sc1N. The van der Waals surface area contributed by atoms with Crippen LogP contribution >= 0.6 is 11.3 Å². The van der Waals surface area contributed by atoms with Gasteiger partial charge in [0, 0.05) is 5.92 Å². The van der Waals surface area contributed by atoms with Gasteiger partial charge in [-0.3, -0.25) is 0 Å². The molecule has 2 N–H and O–H groups in total. The van der Waals surface area contributed by atoms with Crippen molar-refractivity contribution in [3.05, 3.63) is 10.7 Å². The van der Waals surface area contributed by atoms with Crippen molar-refractivity contribution in [2.75, 3.05) is 19.5 Å². The molecule has 88 valence electrons. The molecule has 1 aromatic rings. The normalized spacial score (nSPS) is 24.6. The van der Waals surface area contributed by atoms with Crippen LogP contribution in [0.25, 0.3) is 0 Å². The number of thiazole rings is 1. The van der Waals surface area contributed by atoms with E-state index in [-0.39, 0.29) is 17.7 Å². The molecule has 6 heteroatoms. The number of nitrogens with two attached hydrogens (primary N) is 1. The van der Waals surface area contributed by atoms with Crippen LogP contribution in [0.3, 0.4) is 0 Å². The summed E-state index contributed by atoms with van der Waals surface area (Å²) < 4.78 is 10.1. The Morgan fingerprint density at radius 3 is 3.00 bits per heavy atom. The number of ether oxygens (including phenoxy) is 2. The Labute approximate surface area is 97.6 Å². The fourth-order valence-electron chi connectivity index (χ4n) is 1.76. The van der Waals surface area contributed by atoms with Gasteiger partial charge in [0.05, 0.1) is 19.8 Å². The lowest BCUT2D eigenvalue weighted by Gasteiger charge is -2.00. The minimum atomic E-state index is -0.480. The van der Waals surface area contributed by atoms with Gasteiger partial charge in [-0.05, 0) is 13.3 Å². The van der Waals surface area contributed by atoms with Crippen LogP contribution in [0.5, 0.6) is 0 Å². The number of carbonyl (C=O) groups excluding carboxylic acids is 1. The highest BCUT2D eigenvalue weighted by molar-refractivity contribution is 7.16. The molecule has 0 bridgehead atoms. The van der Waals surface area contributed by atoms with E-state index in [0.29, 0.717) is 11.6 Å². The number of carbonyl (C=O) groups is 1. The molecule has 0 amide bonds. The minimum Gasteiger partial charge on any atom is -0.464 e. The molecule has 1 aliphatic heterocycles. The highest BCUT2D eigenvalue weighted by Gasteiger charge is 2.28. The number of hydrogen-bond acceptors (Lipinski definition) is 6. The zero-order chi connectivity index (χ0) is 11.7. The second-order valence-electron chi connectivity index (χ2n) is 3.83. The van der Waals surface area contributed by atoms with E-state index in [1.807, 2.05) is 6.92 Å². The number of aromatic nitrogens is 1. The number of esters is 1. The lowest BCUT2D eigenvalue weighted by Crippen LogP contribution is -2.05. The zero-order valence-electron chi connectivity index (χ0n) is 9.23. The van der Waals surface area contributed by atoms with Crippen molar-refractivity contribution >= 4 is 22.3 Å². The summed E-state index contributed by atoms with van der Waals surface area (Å²) in [6.07, 6.45) is 1.17. The smallest absolute Gasteiger partial charge is 0.359 e. The average molecular weight is 242 g/mol. The number of nitrogens with zero attached hydrogens (tertiary/aromatic N) is 1. The van der Waals surface area contributed by atoms with Gasteiger partial charge in [-0.1, -0.05) is 0 Å². The molecule has 0 aliphatic carbocycles. The van der Waals surface area contributed by atoms with Crippen LogP contribution in [-0.2, 0) is 9.47 Å². The first-order chi connectivity index (χ1) is 7.61. The fraction of sp³-hybridized carbons (Fsp3) is 0.600. The summed E-state index contributed by atoms with van der Waals surface area (Å²) in [5.74, 6) is -0.229. The lowest BCUT2D eigenvalue weighted by molar-refractivity contribution is 0.0595. The third kappa shape index (κ3) is 2.03. The van der Waals surface area contributed by atoms with E-state index >= 15 is 0 Å². The van der Waals surface area contributed by atoms with Crippen LogP contribution in [0.4, 0.5) is 5.00 Å². The third-order valence-electron chi connectivity index (χ3n) is 2.60. The molecule has 1 fully saturated rings. The Morgan fingerprint density at radius 1 is 1.69 bits per heavy atom. The third-order valence-corrected chi connectivity index (χ3v) is 3.64.